The van der Waals surface area contributed by atoms with Crippen molar-refractivity contribution in [2.45, 2.75) is 45.1 Å². The second-order valence-corrected chi connectivity index (χ2v) is 7.02. The van der Waals surface area contributed by atoms with E-state index in [4.69, 9.17) is 19.6 Å². The molecule has 3 heterocycles. The molecule has 0 atom stereocenters. The second-order valence-electron chi connectivity index (χ2n) is 7.02. The third-order valence-corrected chi connectivity index (χ3v) is 5.29. The van der Waals surface area contributed by atoms with E-state index >= 15 is 0 Å². The van der Waals surface area contributed by atoms with E-state index in [-0.39, 0.29) is 0 Å². The topological polar surface area (TPSA) is 67.0 Å². The third kappa shape index (κ3) is 3.94. The van der Waals surface area contributed by atoms with Gasteiger partial charge >= 0.3 is 0 Å². The molecule has 1 aromatic carbocycles. The highest BCUT2D eigenvalue weighted by molar-refractivity contribution is 5.37. The maximum absolute atomic E-state index is 5.50. The average Bonchev–Trinajstić information content (AvgIpc) is 3.39. The highest BCUT2D eigenvalue weighted by Gasteiger charge is 2.22. The minimum absolute atomic E-state index is 0.367. The molecule has 0 radical (unpaired) electrons. The molecule has 2 aromatic heterocycles. The Morgan fingerprint density at radius 2 is 1.93 bits per heavy atom. The van der Waals surface area contributed by atoms with Crippen LogP contribution in [0.3, 0.4) is 0 Å². The number of imidazole rings is 1. The van der Waals surface area contributed by atoms with Crippen molar-refractivity contribution < 1.29 is 9.47 Å². The smallest absolute Gasteiger partial charge is 0.154 e. The number of benzene rings is 1. The van der Waals surface area contributed by atoms with E-state index in [1.807, 2.05) is 41.3 Å². The van der Waals surface area contributed by atoms with Crippen LogP contribution in [0.1, 0.15) is 43.2 Å². The molecule has 1 aliphatic heterocycles. The number of hydrogen-bond acceptors (Lipinski definition) is 5. The molecule has 3 aromatic rings. The van der Waals surface area contributed by atoms with Crippen molar-refractivity contribution in [3.63, 3.8) is 0 Å². The fraction of sp³-hybridized carbons (Fsp3) is 0.476. The van der Waals surface area contributed by atoms with Crippen LogP contribution in [0.25, 0.3) is 5.69 Å². The van der Waals surface area contributed by atoms with Gasteiger partial charge in [-0.1, -0.05) is 6.92 Å². The predicted octanol–water partition coefficient (Wildman–Crippen LogP) is 3.17. The molecular formula is C21H27N5O2. The van der Waals surface area contributed by atoms with Crippen LogP contribution in [0.2, 0.25) is 0 Å². The summed E-state index contributed by atoms with van der Waals surface area (Å²) < 4.78 is 15.0. The molecular weight excluding hydrogens is 354 g/mol. The molecule has 4 rings (SSSR count). The first-order valence-corrected chi connectivity index (χ1v) is 9.96. The summed E-state index contributed by atoms with van der Waals surface area (Å²) in [5.41, 5.74) is 1.00. The number of hydrogen-bond donors (Lipinski definition) is 0. The Bertz CT molecular complexity index is 894. The number of rotatable bonds is 7. The Morgan fingerprint density at radius 1 is 1.14 bits per heavy atom. The molecule has 0 spiro atoms. The summed E-state index contributed by atoms with van der Waals surface area (Å²) in [6.45, 7) is 4.53. The van der Waals surface area contributed by atoms with Gasteiger partial charge in [0.25, 0.3) is 0 Å². The fourth-order valence-corrected chi connectivity index (χ4v) is 3.66. The van der Waals surface area contributed by atoms with Crippen LogP contribution in [-0.2, 0) is 24.1 Å². The van der Waals surface area contributed by atoms with E-state index in [1.165, 1.54) is 0 Å². The van der Waals surface area contributed by atoms with Crippen LogP contribution in [0, 0.1) is 0 Å². The first-order chi connectivity index (χ1) is 13.8. The van der Waals surface area contributed by atoms with Gasteiger partial charge in [-0.15, -0.1) is 0 Å². The fourth-order valence-electron chi connectivity index (χ4n) is 3.66. The molecule has 1 fully saturated rings. The average molecular weight is 381 g/mol. The largest absolute Gasteiger partial charge is 0.497 e. The normalized spacial score (nSPS) is 15.1. The molecule has 148 valence electrons. The van der Waals surface area contributed by atoms with Gasteiger partial charge in [-0.25, -0.2) is 14.6 Å². The van der Waals surface area contributed by atoms with E-state index in [1.54, 1.807) is 7.11 Å². The molecule has 1 saturated heterocycles. The lowest BCUT2D eigenvalue weighted by Crippen LogP contribution is -2.15. The lowest BCUT2D eigenvalue weighted by molar-refractivity contribution is 0.0836. The maximum atomic E-state index is 5.50. The van der Waals surface area contributed by atoms with Crippen molar-refractivity contribution in [3.8, 4) is 11.4 Å². The summed E-state index contributed by atoms with van der Waals surface area (Å²) in [6, 6.07) is 7.97. The number of ether oxygens (including phenoxy) is 2. The number of nitrogens with zero attached hydrogens (tertiary/aromatic N) is 5. The van der Waals surface area contributed by atoms with Gasteiger partial charge in [0.05, 0.1) is 12.8 Å². The summed E-state index contributed by atoms with van der Waals surface area (Å²) in [5, 5.41) is 4.89. The van der Waals surface area contributed by atoms with Crippen molar-refractivity contribution in [2.24, 2.45) is 0 Å². The van der Waals surface area contributed by atoms with Crippen molar-refractivity contribution in [2.75, 3.05) is 20.3 Å². The monoisotopic (exact) mass is 381 g/mol. The van der Waals surface area contributed by atoms with Crippen molar-refractivity contribution in [1.82, 2.24) is 24.3 Å². The molecule has 0 amide bonds. The first-order valence-electron chi connectivity index (χ1n) is 9.96. The third-order valence-electron chi connectivity index (χ3n) is 5.29. The molecule has 0 bridgehead atoms. The van der Waals surface area contributed by atoms with Crippen molar-refractivity contribution >= 4 is 0 Å². The Hall–Kier alpha value is -2.67. The Balaban J connectivity index is 1.62. The zero-order valence-corrected chi connectivity index (χ0v) is 16.5. The van der Waals surface area contributed by atoms with Gasteiger partial charge in [0.1, 0.15) is 17.4 Å². The quantitative estimate of drug-likeness (QED) is 0.629. The van der Waals surface area contributed by atoms with Crippen molar-refractivity contribution in [3.05, 3.63) is 54.1 Å². The summed E-state index contributed by atoms with van der Waals surface area (Å²) in [4.78, 5) is 9.36. The minimum atomic E-state index is 0.367. The summed E-state index contributed by atoms with van der Waals surface area (Å²) >= 11 is 0. The molecule has 0 saturated carbocycles. The van der Waals surface area contributed by atoms with E-state index in [0.717, 1.165) is 74.4 Å². The lowest BCUT2D eigenvalue weighted by atomic mass is 10.00. The van der Waals surface area contributed by atoms with Crippen LogP contribution in [0.5, 0.6) is 5.75 Å². The molecule has 28 heavy (non-hydrogen) atoms. The standard InChI is InChI=1S/C21H27N5O2/c1-3-19-22-11-13-25(19)12-8-20-23-21(16-9-14-28-15-10-16)24-26(20)17-4-6-18(27-2)7-5-17/h4-7,11,13,16H,3,8-10,12,14-15H2,1-2H3. The summed E-state index contributed by atoms with van der Waals surface area (Å²) in [7, 11) is 1.68. The molecule has 7 heteroatoms. The highest BCUT2D eigenvalue weighted by atomic mass is 16.5. The van der Waals surface area contributed by atoms with Gasteiger partial charge in [-0.05, 0) is 37.1 Å². The number of methoxy groups -OCH3 is 1. The number of aromatic nitrogens is 5. The number of aryl methyl sites for hydroxylation is 3. The zero-order chi connectivity index (χ0) is 19.3. The SMILES string of the molecule is CCc1nccn1CCc1nc(C2CCOCC2)nn1-c1ccc(OC)cc1. The molecule has 1 aliphatic rings. The summed E-state index contributed by atoms with van der Waals surface area (Å²) in [5.74, 6) is 4.20. The Kier molecular flexibility index (Phi) is 5.71. The molecule has 0 aliphatic carbocycles. The maximum Gasteiger partial charge on any atom is 0.154 e. The van der Waals surface area contributed by atoms with Gasteiger partial charge in [0.15, 0.2) is 5.82 Å². The molecule has 0 unspecified atom stereocenters. The highest BCUT2D eigenvalue weighted by Crippen LogP contribution is 2.26. The van der Waals surface area contributed by atoms with Crippen molar-refractivity contribution in [1.29, 1.82) is 0 Å². The first kappa shape index (κ1) is 18.7. The van der Waals surface area contributed by atoms with Crippen LogP contribution in [-0.4, -0.2) is 44.6 Å². The van der Waals surface area contributed by atoms with Crippen LogP contribution in [0.15, 0.2) is 36.7 Å². The Morgan fingerprint density at radius 3 is 2.64 bits per heavy atom. The van der Waals surface area contributed by atoms with Gasteiger partial charge in [0.2, 0.25) is 0 Å². The van der Waals surface area contributed by atoms with Crippen LogP contribution in [0.4, 0.5) is 0 Å². The second kappa shape index (κ2) is 8.56. The zero-order valence-electron chi connectivity index (χ0n) is 16.5. The van der Waals surface area contributed by atoms with Gasteiger partial charge in [-0.2, -0.15) is 5.10 Å². The van der Waals surface area contributed by atoms with E-state index in [0.29, 0.717) is 5.92 Å². The van der Waals surface area contributed by atoms with Gasteiger partial charge < -0.3 is 14.0 Å². The predicted molar refractivity (Wildman–Crippen MR) is 106 cm³/mol. The Labute approximate surface area is 165 Å². The van der Waals surface area contributed by atoms with Gasteiger partial charge in [-0.3, -0.25) is 0 Å². The molecule has 0 N–H and O–H groups in total. The van der Waals surface area contributed by atoms with E-state index in [9.17, 15) is 0 Å². The van der Waals surface area contributed by atoms with E-state index in [2.05, 4.69) is 16.5 Å². The molecule has 7 nitrogen and oxygen atoms in total. The summed E-state index contributed by atoms with van der Waals surface area (Å²) in [6.07, 6.45) is 7.57. The lowest BCUT2D eigenvalue weighted by Gasteiger charge is -2.18. The van der Waals surface area contributed by atoms with Gasteiger partial charge in [0, 0.05) is 50.9 Å². The van der Waals surface area contributed by atoms with Crippen LogP contribution < -0.4 is 4.74 Å². The van der Waals surface area contributed by atoms with Crippen LogP contribution >= 0.6 is 0 Å². The minimum Gasteiger partial charge on any atom is -0.497 e. The van der Waals surface area contributed by atoms with E-state index < -0.39 is 0 Å².